The minimum Gasteiger partial charge on any atom is -0.484 e. The number of nitrogens with one attached hydrogen (secondary N) is 1. The second-order valence-electron chi connectivity index (χ2n) is 8.81. The van der Waals surface area contributed by atoms with E-state index in [1.807, 2.05) is 6.92 Å². The van der Waals surface area contributed by atoms with Crippen molar-refractivity contribution in [1.82, 2.24) is 9.97 Å². The van der Waals surface area contributed by atoms with E-state index in [2.05, 4.69) is 14.9 Å². The quantitative estimate of drug-likeness (QED) is 0.528. The van der Waals surface area contributed by atoms with Crippen LogP contribution in [-0.4, -0.2) is 45.6 Å². The largest absolute Gasteiger partial charge is 0.484 e. The highest BCUT2D eigenvalue weighted by Gasteiger charge is 2.57. The monoisotopic (exact) mass is 397 g/mol. The minimum absolute atomic E-state index is 0.00513. The van der Waals surface area contributed by atoms with Crippen molar-refractivity contribution in [1.29, 1.82) is 5.41 Å². The molecule has 1 spiro atoms. The Balaban J connectivity index is 1.41. The molecule has 0 amide bonds. The minimum atomic E-state index is -0.527. The standard InChI is InChI=1S/C21H24FN5O2/c1-20(2-3-20)29-16-6-12(14(23)7-13(16)22)19(24)15-8-18(26-11-25-15)27-5-4-21(10-27)9-17(21)28/h6-8,11,17,24,28H,2-5,9-10,23H2,1H3/t17-,21?/m1/s1. The van der Waals surface area contributed by atoms with Crippen molar-refractivity contribution in [2.45, 2.75) is 44.3 Å². The fourth-order valence-electron chi connectivity index (χ4n) is 4.06. The lowest BCUT2D eigenvalue weighted by Gasteiger charge is -2.19. The summed E-state index contributed by atoms with van der Waals surface area (Å²) in [5, 5.41) is 18.5. The van der Waals surface area contributed by atoms with E-state index >= 15 is 0 Å². The van der Waals surface area contributed by atoms with Crippen LogP contribution in [0.1, 0.15) is 43.9 Å². The normalized spacial score (nSPS) is 26.6. The predicted octanol–water partition coefficient (Wildman–Crippen LogP) is 2.51. The Labute approximate surface area is 168 Å². The summed E-state index contributed by atoms with van der Waals surface area (Å²) in [5.41, 5.74) is 6.73. The topological polar surface area (TPSA) is 108 Å². The summed E-state index contributed by atoms with van der Waals surface area (Å²) in [5.74, 6) is 0.303. The highest BCUT2D eigenvalue weighted by atomic mass is 19.1. The van der Waals surface area contributed by atoms with Gasteiger partial charge in [0.2, 0.25) is 0 Å². The molecule has 4 N–H and O–H groups in total. The van der Waals surface area contributed by atoms with Crippen LogP contribution in [0.5, 0.6) is 5.75 Å². The average Bonchev–Trinajstić information content (AvgIpc) is 3.51. The van der Waals surface area contributed by atoms with Crippen molar-refractivity contribution in [3.8, 4) is 5.75 Å². The van der Waals surface area contributed by atoms with Gasteiger partial charge in [0.1, 0.15) is 17.7 Å². The van der Waals surface area contributed by atoms with Gasteiger partial charge in [0.05, 0.1) is 17.5 Å². The summed E-state index contributed by atoms with van der Waals surface area (Å²) in [6.07, 6.45) is 4.74. The molecule has 2 aliphatic carbocycles. The number of aliphatic hydroxyl groups is 1. The third-order valence-corrected chi connectivity index (χ3v) is 6.45. The summed E-state index contributed by atoms with van der Waals surface area (Å²) in [7, 11) is 0. The Morgan fingerprint density at radius 3 is 2.72 bits per heavy atom. The van der Waals surface area contributed by atoms with Gasteiger partial charge in [-0.25, -0.2) is 14.4 Å². The maximum atomic E-state index is 14.3. The molecular formula is C21H24FN5O2. The van der Waals surface area contributed by atoms with Gasteiger partial charge < -0.3 is 20.5 Å². The summed E-state index contributed by atoms with van der Waals surface area (Å²) in [4.78, 5) is 10.7. The van der Waals surface area contributed by atoms with Gasteiger partial charge in [-0.05, 0) is 38.7 Å². The highest BCUT2D eigenvalue weighted by Crippen LogP contribution is 2.53. The van der Waals surface area contributed by atoms with Crippen LogP contribution >= 0.6 is 0 Å². The number of aliphatic hydroxyl groups excluding tert-OH is 1. The third kappa shape index (κ3) is 3.21. The first-order chi connectivity index (χ1) is 13.8. The second kappa shape index (κ2) is 6.13. The Bertz CT molecular complexity index is 1010. The molecule has 1 aliphatic heterocycles. The summed E-state index contributed by atoms with van der Waals surface area (Å²) in [6.45, 7) is 3.51. The molecule has 2 atom stereocenters. The van der Waals surface area contributed by atoms with Crippen LogP contribution in [0, 0.1) is 16.6 Å². The predicted molar refractivity (Wildman–Crippen MR) is 107 cm³/mol. The molecule has 1 aromatic heterocycles. The number of anilines is 2. The first kappa shape index (κ1) is 18.3. The van der Waals surface area contributed by atoms with E-state index in [9.17, 15) is 9.50 Å². The molecule has 3 fully saturated rings. The molecule has 8 heteroatoms. The van der Waals surface area contributed by atoms with Gasteiger partial charge in [-0.15, -0.1) is 0 Å². The zero-order valence-corrected chi connectivity index (χ0v) is 16.3. The zero-order chi connectivity index (χ0) is 20.4. The van der Waals surface area contributed by atoms with Gasteiger partial charge in [0, 0.05) is 41.9 Å². The number of hydrogen-bond acceptors (Lipinski definition) is 7. The van der Waals surface area contributed by atoms with Gasteiger partial charge >= 0.3 is 0 Å². The summed E-state index contributed by atoms with van der Waals surface area (Å²) >= 11 is 0. The Morgan fingerprint density at radius 2 is 2.07 bits per heavy atom. The van der Waals surface area contributed by atoms with Crippen molar-refractivity contribution in [3.05, 3.63) is 41.6 Å². The maximum absolute atomic E-state index is 14.3. The second-order valence-corrected chi connectivity index (χ2v) is 8.81. The van der Waals surface area contributed by atoms with E-state index in [0.717, 1.165) is 44.6 Å². The Morgan fingerprint density at radius 1 is 1.31 bits per heavy atom. The van der Waals surface area contributed by atoms with Gasteiger partial charge in [-0.1, -0.05) is 0 Å². The zero-order valence-electron chi connectivity index (χ0n) is 16.3. The van der Waals surface area contributed by atoms with Crippen LogP contribution in [0.15, 0.2) is 24.5 Å². The fourth-order valence-corrected chi connectivity index (χ4v) is 4.06. The van der Waals surface area contributed by atoms with Crippen LogP contribution in [0.2, 0.25) is 0 Å². The van der Waals surface area contributed by atoms with Crippen molar-refractivity contribution >= 4 is 17.2 Å². The molecule has 1 unspecified atom stereocenters. The number of aromatic nitrogens is 2. The van der Waals surface area contributed by atoms with Gasteiger partial charge in [-0.2, -0.15) is 0 Å². The number of nitrogens with two attached hydrogens (primary N) is 1. The lowest BCUT2D eigenvalue weighted by Crippen LogP contribution is -2.23. The molecule has 3 aliphatic rings. The molecule has 2 aromatic rings. The number of nitrogen functional groups attached to an aromatic ring is 1. The number of rotatable bonds is 5. The Hall–Kier alpha value is -2.74. The number of benzene rings is 1. The summed E-state index contributed by atoms with van der Waals surface area (Å²) < 4.78 is 20.1. The third-order valence-electron chi connectivity index (χ3n) is 6.45. The van der Waals surface area contributed by atoms with E-state index in [1.165, 1.54) is 18.5 Å². The number of nitrogens with zero attached hydrogens (tertiary/aromatic N) is 3. The fraction of sp³-hybridized carbons (Fsp3) is 0.476. The van der Waals surface area contributed by atoms with Crippen molar-refractivity contribution < 1.29 is 14.2 Å². The highest BCUT2D eigenvalue weighted by molar-refractivity contribution is 6.13. The van der Waals surface area contributed by atoms with Crippen LogP contribution in [0.25, 0.3) is 0 Å². The Kier molecular flexibility index (Phi) is 3.87. The van der Waals surface area contributed by atoms with Crippen molar-refractivity contribution in [3.63, 3.8) is 0 Å². The molecule has 2 saturated carbocycles. The van der Waals surface area contributed by atoms with Crippen molar-refractivity contribution in [2.24, 2.45) is 5.41 Å². The number of halogens is 1. The molecule has 5 rings (SSSR count). The molecule has 29 heavy (non-hydrogen) atoms. The SMILES string of the molecule is CC1(Oc2cc(C(=N)c3cc(N4CCC5(C[C@H]5O)C4)ncn3)c(N)cc2F)CC1. The average molecular weight is 397 g/mol. The molecule has 2 heterocycles. The maximum Gasteiger partial charge on any atom is 0.167 e. The summed E-state index contributed by atoms with van der Waals surface area (Å²) in [6, 6.07) is 4.44. The first-order valence-corrected chi connectivity index (χ1v) is 9.91. The number of hydrogen-bond donors (Lipinski definition) is 3. The van der Waals surface area contributed by atoms with E-state index < -0.39 is 5.82 Å². The smallest absolute Gasteiger partial charge is 0.167 e. The van der Waals surface area contributed by atoms with Crippen LogP contribution in [-0.2, 0) is 0 Å². The first-order valence-electron chi connectivity index (χ1n) is 9.91. The molecule has 0 bridgehead atoms. The van der Waals surface area contributed by atoms with Gasteiger partial charge in [-0.3, -0.25) is 5.41 Å². The van der Waals surface area contributed by atoms with Crippen molar-refractivity contribution in [2.75, 3.05) is 23.7 Å². The molecule has 152 valence electrons. The van der Waals surface area contributed by atoms with E-state index in [4.69, 9.17) is 15.9 Å². The molecule has 1 saturated heterocycles. The van der Waals surface area contributed by atoms with E-state index in [1.54, 1.807) is 6.07 Å². The molecule has 7 nitrogen and oxygen atoms in total. The van der Waals surface area contributed by atoms with Gasteiger partial charge in [0.25, 0.3) is 0 Å². The van der Waals surface area contributed by atoms with E-state index in [0.29, 0.717) is 11.3 Å². The van der Waals surface area contributed by atoms with E-state index in [-0.39, 0.29) is 34.3 Å². The molecular weight excluding hydrogens is 373 g/mol. The van der Waals surface area contributed by atoms with Crippen LogP contribution in [0.3, 0.4) is 0 Å². The van der Waals surface area contributed by atoms with Gasteiger partial charge in [0.15, 0.2) is 11.6 Å². The lowest BCUT2D eigenvalue weighted by atomic mass is 10.0. The molecule has 0 radical (unpaired) electrons. The lowest BCUT2D eigenvalue weighted by molar-refractivity contribution is 0.191. The van der Waals surface area contributed by atoms with Crippen LogP contribution in [0.4, 0.5) is 15.9 Å². The molecule has 1 aromatic carbocycles. The van der Waals surface area contributed by atoms with Crippen LogP contribution < -0.4 is 15.4 Å². The number of ether oxygens (including phenoxy) is 1.